The van der Waals surface area contributed by atoms with Gasteiger partial charge in [-0.15, -0.1) is 0 Å². The Bertz CT molecular complexity index is 636. The lowest BCUT2D eigenvalue weighted by molar-refractivity contribution is -0.138. The molecule has 1 atom stereocenters. The molecule has 2 rings (SSSR count). The normalized spacial score (nSPS) is 19.5. The summed E-state index contributed by atoms with van der Waals surface area (Å²) in [6.45, 7) is 4.31. The minimum Gasteiger partial charge on any atom is -0.481 e. The number of hydrogen-bond donors (Lipinski definition) is 4. The monoisotopic (exact) mass is 349 g/mol. The average molecular weight is 349 g/mol. The highest BCUT2D eigenvalue weighted by atomic mass is 16.5. The zero-order valence-corrected chi connectivity index (χ0v) is 14.3. The lowest BCUT2D eigenvalue weighted by atomic mass is 9.93. The number of hydrogen-bond acceptors (Lipinski definition) is 4. The van der Waals surface area contributed by atoms with Gasteiger partial charge in [-0.3, -0.25) is 9.59 Å². The van der Waals surface area contributed by atoms with E-state index in [4.69, 9.17) is 9.84 Å². The zero-order chi connectivity index (χ0) is 18.4. The minimum absolute atomic E-state index is 0.0177. The molecule has 0 aromatic heterocycles. The van der Waals surface area contributed by atoms with E-state index in [1.807, 2.05) is 13.8 Å². The van der Waals surface area contributed by atoms with Crippen molar-refractivity contribution in [1.82, 2.24) is 10.6 Å². The third kappa shape index (κ3) is 5.46. The second-order valence-electron chi connectivity index (χ2n) is 6.44. The summed E-state index contributed by atoms with van der Waals surface area (Å²) in [5.41, 5.74) is 0.0578. The van der Waals surface area contributed by atoms with E-state index in [1.54, 1.807) is 24.3 Å². The van der Waals surface area contributed by atoms with Gasteiger partial charge in [0.15, 0.2) is 0 Å². The summed E-state index contributed by atoms with van der Waals surface area (Å²) in [4.78, 5) is 35.1. The second-order valence-corrected chi connectivity index (χ2v) is 6.44. The number of aliphatic carboxylic acids is 1. The summed E-state index contributed by atoms with van der Waals surface area (Å²) < 4.78 is 5.26. The number of benzene rings is 1. The van der Waals surface area contributed by atoms with Crippen molar-refractivity contribution in [3.63, 3.8) is 0 Å². The van der Waals surface area contributed by atoms with Gasteiger partial charge in [-0.05, 0) is 44.5 Å². The van der Waals surface area contributed by atoms with E-state index in [1.165, 1.54) is 0 Å². The van der Waals surface area contributed by atoms with Gasteiger partial charge in [-0.25, -0.2) is 4.79 Å². The number of carbonyl (C=O) groups is 3. The van der Waals surface area contributed by atoms with Crippen molar-refractivity contribution in [3.05, 3.63) is 29.8 Å². The van der Waals surface area contributed by atoms with E-state index in [9.17, 15) is 14.4 Å². The van der Waals surface area contributed by atoms with Gasteiger partial charge in [0.25, 0.3) is 5.91 Å². The maximum Gasteiger partial charge on any atom is 0.319 e. The van der Waals surface area contributed by atoms with Crippen molar-refractivity contribution < 1.29 is 24.2 Å². The summed E-state index contributed by atoms with van der Waals surface area (Å²) in [6.07, 6.45) is 0.272. The molecule has 0 bridgehead atoms. The minimum atomic E-state index is -0.985. The van der Waals surface area contributed by atoms with Crippen molar-refractivity contribution in [3.8, 4) is 0 Å². The molecule has 1 unspecified atom stereocenters. The van der Waals surface area contributed by atoms with Crippen molar-refractivity contribution in [2.75, 3.05) is 18.5 Å². The van der Waals surface area contributed by atoms with Gasteiger partial charge >= 0.3 is 12.0 Å². The predicted octanol–water partition coefficient (Wildman–Crippen LogP) is 1.58. The number of nitrogens with one attached hydrogen (secondary N) is 3. The van der Waals surface area contributed by atoms with Crippen LogP contribution in [0.15, 0.2) is 24.3 Å². The molecule has 0 saturated carbocycles. The molecule has 1 saturated heterocycles. The first-order valence-electron chi connectivity index (χ1n) is 8.09. The summed E-state index contributed by atoms with van der Waals surface area (Å²) >= 11 is 0. The van der Waals surface area contributed by atoms with Gasteiger partial charge in [-0.2, -0.15) is 0 Å². The Labute approximate surface area is 145 Å². The number of carbonyl (C=O) groups excluding carboxylic acids is 2. The number of carboxylic acid groups (broad SMARTS) is 1. The molecule has 3 amide bonds. The lowest BCUT2D eigenvalue weighted by Crippen LogP contribution is -2.50. The van der Waals surface area contributed by atoms with Gasteiger partial charge < -0.3 is 25.8 Å². The van der Waals surface area contributed by atoms with Crippen LogP contribution in [0.2, 0.25) is 0 Å². The Morgan fingerprint density at radius 3 is 2.44 bits per heavy atom. The van der Waals surface area contributed by atoms with E-state index >= 15 is 0 Å². The van der Waals surface area contributed by atoms with E-state index in [2.05, 4.69) is 16.0 Å². The van der Waals surface area contributed by atoms with Crippen LogP contribution in [-0.4, -0.2) is 47.8 Å². The molecular formula is C17H23N3O5. The van der Waals surface area contributed by atoms with Crippen molar-refractivity contribution in [1.29, 1.82) is 0 Å². The molecule has 136 valence electrons. The molecule has 1 heterocycles. The molecule has 8 heteroatoms. The highest BCUT2D eigenvalue weighted by Crippen LogP contribution is 2.23. The van der Waals surface area contributed by atoms with E-state index in [-0.39, 0.29) is 31.0 Å². The van der Waals surface area contributed by atoms with Gasteiger partial charge in [0.2, 0.25) is 0 Å². The molecule has 0 spiro atoms. The van der Waals surface area contributed by atoms with Crippen LogP contribution in [0.1, 0.15) is 37.0 Å². The summed E-state index contributed by atoms with van der Waals surface area (Å²) in [5.74, 6) is -1.36. The van der Waals surface area contributed by atoms with Crippen LogP contribution < -0.4 is 16.0 Å². The standard InChI is InChI=1S/C17H23N3O5/c1-11(2)18-16(24)19-13-5-3-12(4-6-13)15(23)20-17(9-14(21)22)7-8-25-10-17/h3-6,11H,7-10H2,1-2H3,(H,20,23)(H,21,22)(H2,18,19,24). The largest absolute Gasteiger partial charge is 0.481 e. The van der Waals surface area contributed by atoms with E-state index in [0.29, 0.717) is 24.3 Å². The first-order chi connectivity index (χ1) is 11.8. The Kier molecular flexibility index (Phi) is 5.97. The summed E-state index contributed by atoms with van der Waals surface area (Å²) in [5, 5.41) is 17.2. The number of amides is 3. The molecule has 0 aliphatic carbocycles. The van der Waals surface area contributed by atoms with Crippen LogP contribution in [0.5, 0.6) is 0 Å². The maximum absolute atomic E-state index is 12.4. The Hall–Kier alpha value is -2.61. The average Bonchev–Trinajstić information content (AvgIpc) is 2.94. The number of anilines is 1. The van der Waals surface area contributed by atoms with Crippen LogP contribution in [0.3, 0.4) is 0 Å². The first-order valence-corrected chi connectivity index (χ1v) is 8.09. The van der Waals surface area contributed by atoms with Crippen molar-refractivity contribution >= 4 is 23.6 Å². The number of ether oxygens (including phenoxy) is 1. The molecule has 1 aliphatic rings. The second kappa shape index (κ2) is 7.98. The maximum atomic E-state index is 12.4. The molecule has 1 fully saturated rings. The quantitative estimate of drug-likeness (QED) is 0.622. The van der Waals surface area contributed by atoms with Crippen LogP contribution in [0, 0.1) is 0 Å². The third-order valence-electron chi connectivity index (χ3n) is 3.80. The van der Waals surface area contributed by atoms with Crippen LogP contribution in [0.4, 0.5) is 10.5 Å². The van der Waals surface area contributed by atoms with Gasteiger partial charge in [0.05, 0.1) is 18.6 Å². The Morgan fingerprint density at radius 2 is 1.92 bits per heavy atom. The zero-order valence-electron chi connectivity index (χ0n) is 14.3. The summed E-state index contributed by atoms with van der Waals surface area (Å²) in [7, 11) is 0. The topological polar surface area (TPSA) is 117 Å². The highest BCUT2D eigenvalue weighted by molar-refractivity contribution is 5.96. The Balaban J connectivity index is 2.00. The number of urea groups is 1. The molecule has 4 N–H and O–H groups in total. The highest BCUT2D eigenvalue weighted by Gasteiger charge is 2.38. The van der Waals surface area contributed by atoms with Gasteiger partial charge in [0, 0.05) is 23.9 Å². The summed E-state index contributed by atoms with van der Waals surface area (Å²) in [6, 6.07) is 6.07. The molecule has 8 nitrogen and oxygen atoms in total. The Morgan fingerprint density at radius 1 is 1.24 bits per heavy atom. The number of carboxylic acids is 1. The number of rotatable bonds is 6. The third-order valence-corrected chi connectivity index (χ3v) is 3.80. The fourth-order valence-electron chi connectivity index (χ4n) is 2.63. The molecule has 1 aromatic rings. The molecule has 0 radical (unpaired) electrons. The first kappa shape index (κ1) is 18.7. The van der Waals surface area contributed by atoms with E-state index in [0.717, 1.165) is 0 Å². The van der Waals surface area contributed by atoms with E-state index < -0.39 is 11.5 Å². The molecule has 1 aromatic carbocycles. The van der Waals surface area contributed by atoms with Crippen LogP contribution in [-0.2, 0) is 9.53 Å². The molecule has 25 heavy (non-hydrogen) atoms. The fraction of sp³-hybridized carbons (Fsp3) is 0.471. The van der Waals surface area contributed by atoms with Gasteiger partial charge in [-0.1, -0.05) is 0 Å². The lowest BCUT2D eigenvalue weighted by Gasteiger charge is -2.27. The predicted molar refractivity (Wildman–Crippen MR) is 91.6 cm³/mol. The fourth-order valence-corrected chi connectivity index (χ4v) is 2.63. The van der Waals surface area contributed by atoms with Crippen molar-refractivity contribution in [2.45, 2.75) is 38.3 Å². The van der Waals surface area contributed by atoms with Gasteiger partial charge in [0.1, 0.15) is 0 Å². The van der Waals surface area contributed by atoms with Crippen molar-refractivity contribution in [2.24, 2.45) is 0 Å². The smallest absolute Gasteiger partial charge is 0.319 e. The molecular weight excluding hydrogens is 326 g/mol. The SMILES string of the molecule is CC(C)NC(=O)Nc1ccc(C(=O)NC2(CC(=O)O)CCOC2)cc1. The van der Waals surface area contributed by atoms with Crippen LogP contribution in [0.25, 0.3) is 0 Å². The van der Waals surface area contributed by atoms with Crippen LogP contribution >= 0.6 is 0 Å². The molecule has 1 aliphatic heterocycles.